The number of aliphatic hydroxyl groups excluding tert-OH is 1. The number of para-hydroxylation sites is 1. The topological polar surface area (TPSA) is 82.6 Å². The minimum Gasteiger partial charge on any atom is -0.507 e. The van der Waals surface area contributed by atoms with Gasteiger partial charge in [-0.05, 0) is 49.4 Å². The Kier molecular flexibility index (Phi) is 5.37. The average molecular weight is 456 g/mol. The summed E-state index contributed by atoms with van der Waals surface area (Å²) < 4.78 is 19.1. The Morgan fingerprint density at radius 3 is 2.59 bits per heavy atom. The highest BCUT2D eigenvalue weighted by Crippen LogP contribution is 2.44. The lowest BCUT2D eigenvalue weighted by molar-refractivity contribution is -0.132. The molecule has 7 heteroatoms. The molecule has 1 atom stereocenters. The molecule has 34 heavy (non-hydrogen) atoms. The van der Waals surface area contributed by atoms with Gasteiger partial charge in [0.1, 0.15) is 17.3 Å². The zero-order valence-electron chi connectivity index (χ0n) is 18.3. The van der Waals surface area contributed by atoms with Crippen molar-refractivity contribution in [1.82, 2.24) is 4.98 Å². The van der Waals surface area contributed by atoms with Crippen LogP contribution in [0.15, 0.2) is 84.6 Å². The average Bonchev–Trinajstić information content (AvgIpc) is 3.38. The molecule has 1 amide bonds. The number of carbonyl (C=O) groups excluding carboxylic acids is 2. The Morgan fingerprint density at radius 1 is 1.06 bits per heavy atom. The number of H-pyrrole nitrogens is 1. The van der Waals surface area contributed by atoms with Gasteiger partial charge in [-0.3, -0.25) is 14.5 Å². The van der Waals surface area contributed by atoms with Gasteiger partial charge in [0.05, 0.1) is 18.2 Å². The first-order valence-corrected chi connectivity index (χ1v) is 10.9. The van der Waals surface area contributed by atoms with Crippen LogP contribution in [0, 0.1) is 5.82 Å². The van der Waals surface area contributed by atoms with E-state index in [0.29, 0.717) is 29.2 Å². The summed E-state index contributed by atoms with van der Waals surface area (Å²) in [5, 5.41) is 12.1. The molecule has 1 aliphatic rings. The van der Waals surface area contributed by atoms with E-state index in [2.05, 4.69) is 4.98 Å². The fraction of sp³-hybridized carbons (Fsp3) is 0.111. The maximum absolute atomic E-state index is 13.6. The summed E-state index contributed by atoms with van der Waals surface area (Å²) in [6.45, 7) is 2.28. The van der Waals surface area contributed by atoms with Crippen LogP contribution in [0.25, 0.3) is 16.7 Å². The number of Topliss-reactive ketones (excluding diaryl/α,β-unsaturated/α-hetero) is 1. The highest BCUT2D eigenvalue weighted by Gasteiger charge is 2.47. The number of ketones is 1. The second-order valence-electron chi connectivity index (χ2n) is 7.90. The Labute approximate surface area is 194 Å². The molecule has 2 N–H and O–H groups in total. The van der Waals surface area contributed by atoms with Crippen molar-refractivity contribution < 1.29 is 23.8 Å². The molecule has 0 saturated carbocycles. The molecule has 5 rings (SSSR count). The molecule has 2 heterocycles. The summed E-state index contributed by atoms with van der Waals surface area (Å²) in [6.07, 6.45) is 1.72. The second-order valence-corrected chi connectivity index (χ2v) is 7.90. The van der Waals surface area contributed by atoms with E-state index < -0.39 is 23.5 Å². The molecule has 1 saturated heterocycles. The van der Waals surface area contributed by atoms with Crippen LogP contribution in [0.4, 0.5) is 10.1 Å². The first-order valence-electron chi connectivity index (χ1n) is 10.9. The number of hydrogen-bond acceptors (Lipinski definition) is 4. The van der Waals surface area contributed by atoms with Crippen LogP contribution in [0.5, 0.6) is 5.75 Å². The molecule has 4 aromatic rings. The van der Waals surface area contributed by atoms with Gasteiger partial charge in [-0.1, -0.05) is 30.3 Å². The quantitative estimate of drug-likeness (QED) is 0.242. The van der Waals surface area contributed by atoms with Gasteiger partial charge in [0.2, 0.25) is 0 Å². The van der Waals surface area contributed by atoms with E-state index in [1.165, 1.54) is 29.2 Å². The molecule has 1 fully saturated rings. The number of fused-ring (bicyclic) bond motifs is 1. The van der Waals surface area contributed by atoms with Crippen LogP contribution < -0.4 is 9.64 Å². The minimum absolute atomic E-state index is 0.0484. The van der Waals surface area contributed by atoms with Gasteiger partial charge < -0.3 is 14.8 Å². The Hall–Kier alpha value is -4.39. The first kappa shape index (κ1) is 21.5. The van der Waals surface area contributed by atoms with Crippen molar-refractivity contribution in [3.05, 3.63) is 102 Å². The monoisotopic (exact) mass is 456 g/mol. The number of ether oxygens (including phenoxy) is 1. The van der Waals surface area contributed by atoms with Crippen molar-refractivity contribution in [2.45, 2.75) is 13.0 Å². The highest BCUT2D eigenvalue weighted by molar-refractivity contribution is 6.51. The lowest BCUT2D eigenvalue weighted by Crippen LogP contribution is -2.29. The fourth-order valence-electron chi connectivity index (χ4n) is 4.37. The highest BCUT2D eigenvalue weighted by atomic mass is 19.1. The number of hydrogen-bond donors (Lipinski definition) is 2. The van der Waals surface area contributed by atoms with Crippen molar-refractivity contribution in [2.24, 2.45) is 0 Å². The van der Waals surface area contributed by atoms with Crippen LogP contribution in [0.1, 0.15) is 24.1 Å². The summed E-state index contributed by atoms with van der Waals surface area (Å²) in [5.41, 5.74) is 2.11. The third-order valence-corrected chi connectivity index (χ3v) is 5.88. The van der Waals surface area contributed by atoms with E-state index in [1.54, 1.807) is 30.5 Å². The minimum atomic E-state index is -0.919. The van der Waals surface area contributed by atoms with Crippen LogP contribution in [0.2, 0.25) is 0 Å². The van der Waals surface area contributed by atoms with Crippen LogP contribution in [-0.2, 0) is 9.59 Å². The molecule has 1 unspecified atom stereocenters. The molecule has 170 valence electrons. The predicted molar refractivity (Wildman–Crippen MR) is 127 cm³/mol. The first-order chi connectivity index (χ1) is 16.5. The van der Waals surface area contributed by atoms with Gasteiger partial charge in [0, 0.05) is 33.9 Å². The number of nitrogens with zero attached hydrogens (tertiary/aromatic N) is 1. The van der Waals surface area contributed by atoms with Gasteiger partial charge in [-0.15, -0.1) is 0 Å². The van der Waals surface area contributed by atoms with Crippen molar-refractivity contribution in [3.63, 3.8) is 0 Å². The largest absolute Gasteiger partial charge is 0.507 e. The van der Waals surface area contributed by atoms with Gasteiger partial charge in [-0.2, -0.15) is 0 Å². The smallest absolute Gasteiger partial charge is 0.300 e. The summed E-state index contributed by atoms with van der Waals surface area (Å²) in [7, 11) is 0. The molecule has 0 aliphatic carbocycles. The standard InChI is InChI=1S/C27H21FN2O4/c1-2-34-19-7-5-6-16(14-19)25(31)23-24(21-15-29-22-9-4-3-8-20(21)22)30(27(33)26(23)32)18-12-10-17(28)11-13-18/h3-15,24,29,31H,2H2,1H3/b25-23+. The molecule has 1 aromatic heterocycles. The zero-order valence-corrected chi connectivity index (χ0v) is 18.3. The van der Waals surface area contributed by atoms with Crippen molar-refractivity contribution >= 4 is 34.0 Å². The Bertz CT molecular complexity index is 1440. The third kappa shape index (κ3) is 3.51. The lowest BCUT2D eigenvalue weighted by atomic mass is 9.94. The zero-order chi connectivity index (χ0) is 23.8. The van der Waals surface area contributed by atoms with Crippen molar-refractivity contribution in [1.29, 1.82) is 0 Å². The number of aliphatic hydroxyl groups is 1. The number of aromatic nitrogens is 1. The van der Waals surface area contributed by atoms with E-state index in [0.717, 1.165) is 10.9 Å². The van der Waals surface area contributed by atoms with Crippen LogP contribution in [-0.4, -0.2) is 28.4 Å². The molecule has 6 nitrogen and oxygen atoms in total. The van der Waals surface area contributed by atoms with E-state index in [1.807, 2.05) is 31.2 Å². The SMILES string of the molecule is CCOc1cccc(/C(O)=C2\C(=O)C(=O)N(c3ccc(F)cc3)C2c2c[nH]c3ccccc23)c1. The fourth-order valence-corrected chi connectivity index (χ4v) is 4.37. The molecule has 1 aliphatic heterocycles. The molecule has 0 radical (unpaired) electrons. The van der Waals surface area contributed by atoms with E-state index >= 15 is 0 Å². The maximum atomic E-state index is 13.6. The van der Waals surface area contributed by atoms with Crippen molar-refractivity contribution in [2.75, 3.05) is 11.5 Å². The number of halogens is 1. The summed E-state index contributed by atoms with van der Waals surface area (Å²) >= 11 is 0. The number of amides is 1. The second kappa shape index (κ2) is 8.51. The third-order valence-electron chi connectivity index (χ3n) is 5.88. The molecular formula is C27H21FN2O4. The predicted octanol–water partition coefficient (Wildman–Crippen LogP) is 5.33. The number of anilines is 1. The van der Waals surface area contributed by atoms with Gasteiger partial charge in [0.25, 0.3) is 11.7 Å². The number of rotatable bonds is 5. The number of aromatic amines is 1. The molecular weight excluding hydrogens is 435 g/mol. The summed E-state index contributed by atoms with van der Waals surface area (Å²) in [4.78, 5) is 31.0. The molecule has 0 spiro atoms. The lowest BCUT2D eigenvalue weighted by Gasteiger charge is -2.25. The summed E-state index contributed by atoms with van der Waals surface area (Å²) in [6, 6.07) is 18.6. The van der Waals surface area contributed by atoms with E-state index in [-0.39, 0.29) is 11.3 Å². The normalized spacial score (nSPS) is 17.5. The molecule has 3 aromatic carbocycles. The molecule has 0 bridgehead atoms. The van der Waals surface area contributed by atoms with Crippen LogP contribution >= 0.6 is 0 Å². The van der Waals surface area contributed by atoms with E-state index in [9.17, 15) is 19.1 Å². The maximum Gasteiger partial charge on any atom is 0.300 e. The van der Waals surface area contributed by atoms with Gasteiger partial charge >= 0.3 is 0 Å². The van der Waals surface area contributed by atoms with E-state index in [4.69, 9.17) is 4.74 Å². The Balaban J connectivity index is 1.75. The van der Waals surface area contributed by atoms with Crippen LogP contribution in [0.3, 0.4) is 0 Å². The number of nitrogens with one attached hydrogen (secondary N) is 1. The summed E-state index contributed by atoms with van der Waals surface area (Å²) in [5.74, 6) is -1.86. The van der Waals surface area contributed by atoms with Crippen molar-refractivity contribution in [3.8, 4) is 5.75 Å². The Morgan fingerprint density at radius 2 is 1.82 bits per heavy atom. The van der Waals surface area contributed by atoms with Gasteiger partial charge in [-0.25, -0.2) is 4.39 Å². The van der Waals surface area contributed by atoms with Gasteiger partial charge in [0.15, 0.2) is 0 Å². The number of carbonyl (C=O) groups is 2. The number of benzene rings is 3.